The summed E-state index contributed by atoms with van der Waals surface area (Å²) >= 11 is 0. The van der Waals surface area contributed by atoms with E-state index < -0.39 is 5.60 Å². The summed E-state index contributed by atoms with van der Waals surface area (Å²) in [5.41, 5.74) is -1.02. The molecule has 2 N–H and O–H groups in total. The van der Waals surface area contributed by atoms with Crippen molar-refractivity contribution in [2.45, 2.75) is 65.1 Å². The Morgan fingerprint density at radius 2 is 1.83 bits per heavy atom. The lowest BCUT2D eigenvalue weighted by molar-refractivity contribution is -0.201. The third-order valence-electron chi connectivity index (χ3n) is 8.01. The molecule has 0 aliphatic heterocycles. The maximum absolute atomic E-state index is 11.5. The van der Waals surface area contributed by atoms with Gasteiger partial charge in [-0.05, 0) is 67.6 Å². The zero-order valence-electron chi connectivity index (χ0n) is 17.8. The summed E-state index contributed by atoms with van der Waals surface area (Å²) < 4.78 is 11.4. The predicted molar refractivity (Wildman–Crippen MR) is 112 cm³/mol. The molecule has 5 nitrogen and oxygen atoms in total. The number of fused-ring (bicyclic) bond motifs is 2. The molecule has 2 aliphatic rings. The molecule has 1 heterocycles. The van der Waals surface area contributed by atoms with Gasteiger partial charge in [-0.1, -0.05) is 20.8 Å². The van der Waals surface area contributed by atoms with Gasteiger partial charge in [0.05, 0.1) is 18.3 Å². The van der Waals surface area contributed by atoms with Crippen molar-refractivity contribution in [1.29, 1.82) is 0 Å². The summed E-state index contributed by atoms with van der Waals surface area (Å²) in [5, 5.41) is 22.7. The second-order valence-corrected chi connectivity index (χ2v) is 10.1. The minimum atomic E-state index is -0.826. The Kier molecular flexibility index (Phi) is 4.82. The van der Waals surface area contributed by atoms with E-state index in [2.05, 4.69) is 20.8 Å². The molecule has 0 amide bonds. The molecule has 2 aromatic rings. The SMILES string of the molecule is CC1(C)[C@H](O)CC[C@]2(C)[C@@H]1CC[C@@](C)(O)[C@H]2COc1ccc2ccc(=O)oc2c1. The van der Waals surface area contributed by atoms with E-state index in [-0.39, 0.29) is 28.5 Å². The van der Waals surface area contributed by atoms with Crippen molar-refractivity contribution in [3.63, 3.8) is 0 Å². The molecule has 5 atom stereocenters. The summed E-state index contributed by atoms with van der Waals surface area (Å²) in [5.74, 6) is 0.893. The van der Waals surface area contributed by atoms with Gasteiger partial charge in [-0.15, -0.1) is 0 Å². The fraction of sp³-hybridized carbons (Fsp3) is 0.625. The lowest BCUT2D eigenvalue weighted by atomic mass is 9.45. The average Bonchev–Trinajstić information content (AvgIpc) is 2.64. The Morgan fingerprint density at radius 3 is 2.59 bits per heavy atom. The molecule has 5 heteroatoms. The number of hydrogen-bond acceptors (Lipinski definition) is 5. The van der Waals surface area contributed by atoms with Crippen LogP contribution < -0.4 is 10.4 Å². The van der Waals surface area contributed by atoms with Gasteiger partial charge in [0.25, 0.3) is 0 Å². The Hall–Kier alpha value is -1.85. The van der Waals surface area contributed by atoms with Gasteiger partial charge in [-0.25, -0.2) is 4.79 Å². The van der Waals surface area contributed by atoms with E-state index in [4.69, 9.17) is 9.15 Å². The van der Waals surface area contributed by atoms with Crippen LogP contribution in [-0.4, -0.2) is 28.5 Å². The quantitative estimate of drug-likeness (QED) is 0.757. The van der Waals surface area contributed by atoms with Crippen molar-refractivity contribution in [3.8, 4) is 5.75 Å². The second kappa shape index (κ2) is 6.85. The largest absolute Gasteiger partial charge is 0.493 e. The van der Waals surface area contributed by atoms with Gasteiger partial charge in [0, 0.05) is 23.4 Å². The monoisotopic (exact) mass is 400 g/mol. The number of benzene rings is 1. The van der Waals surface area contributed by atoms with Crippen molar-refractivity contribution >= 4 is 11.0 Å². The molecular formula is C24H32O5. The van der Waals surface area contributed by atoms with Crippen molar-refractivity contribution in [1.82, 2.24) is 0 Å². The molecule has 29 heavy (non-hydrogen) atoms. The van der Waals surface area contributed by atoms with Gasteiger partial charge in [0.1, 0.15) is 11.3 Å². The minimum absolute atomic E-state index is 0.0565. The normalized spacial score (nSPS) is 36.6. The highest BCUT2D eigenvalue weighted by Gasteiger charge is 2.60. The molecule has 0 unspecified atom stereocenters. The fourth-order valence-electron chi connectivity index (χ4n) is 6.20. The van der Waals surface area contributed by atoms with Gasteiger partial charge < -0.3 is 19.4 Å². The first-order valence-corrected chi connectivity index (χ1v) is 10.6. The summed E-state index contributed by atoms with van der Waals surface area (Å²) in [4.78, 5) is 11.5. The molecule has 0 spiro atoms. The number of aliphatic hydroxyl groups excluding tert-OH is 1. The highest BCUT2D eigenvalue weighted by atomic mass is 16.5. The highest BCUT2D eigenvalue weighted by molar-refractivity contribution is 5.77. The van der Waals surface area contributed by atoms with Crippen LogP contribution in [0.3, 0.4) is 0 Å². The number of hydrogen-bond donors (Lipinski definition) is 2. The van der Waals surface area contributed by atoms with Crippen LogP contribution in [-0.2, 0) is 0 Å². The Bertz CT molecular complexity index is 959. The Labute approximate surface area is 171 Å². The van der Waals surface area contributed by atoms with E-state index in [1.807, 2.05) is 19.1 Å². The zero-order valence-corrected chi connectivity index (χ0v) is 17.8. The first-order valence-electron chi connectivity index (χ1n) is 10.6. The van der Waals surface area contributed by atoms with Gasteiger partial charge in [-0.3, -0.25) is 0 Å². The molecule has 1 aromatic carbocycles. The van der Waals surface area contributed by atoms with Crippen LogP contribution in [0.25, 0.3) is 11.0 Å². The predicted octanol–water partition coefficient (Wildman–Crippen LogP) is 4.14. The molecular weight excluding hydrogens is 368 g/mol. The highest BCUT2D eigenvalue weighted by Crippen LogP contribution is 2.61. The Morgan fingerprint density at radius 1 is 1.10 bits per heavy atom. The molecule has 0 bridgehead atoms. The smallest absolute Gasteiger partial charge is 0.336 e. The van der Waals surface area contributed by atoms with Crippen molar-refractivity contribution in [2.75, 3.05) is 6.61 Å². The number of aliphatic hydroxyl groups is 2. The number of ether oxygens (including phenoxy) is 1. The molecule has 2 fully saturated rings. The molecule has 158 valence electrons. The number of rotatable bonds is 3. The van der Waals surface area contributed by atoms with E-state index in [1.165, 1.54) is 6.07 Å². The Balaban J connectivity index is 1.61. The van der Waals surface area contributed by atoms with Crippen LogP contribution in [0.2, 0.25) is 0 Å². The maximum atomic E-state index is 11.5. The molecule has 1 aromatic heterocycles. The average molecular weight is 401 g/mol. The third kappa shape index (κ3) is 3.38. The van der Waals surface area contributed by atoms with Gasteiger partial charge in [-0.2, -0.15) is 0 Å². The van der Waals surface area contributed by atoms with E-state index in [0.29, 0.717) is 30.3 Å². The summed E-state index contributed by atoms with van der Waals surface area (Å²) in [6.45, 7) is 8.87. The molecule has 2 aliphatic carbocycles. The molecule has 0 radical (unpaired) electrons. The van der Waals surface area contributed by atoms with Crippen LogP contribution >= 0.6 is 0 Å². The third-order valence-corrected chi connectivity index (χ3v) is 8.01. The lowest BCUT2D eigenvalue weighted by Crippen LogP contribution is -2.61. The fourth-order valence-corrected chi connectivity index (χ4v) is 6.20. The first-order chi connectivity index (χ1) is 13.5. The van der Waals surface area contributed by atoms with Gasteiger partial charge in [0.2, 0.25) is 0 Å². The van der Waals surface area contributed by atoms with E-state index in [9.17, 15) is 15.0 Å². The second-order valence-electron chi connectivity index (χ2n) is 10.1. The van der Waals surface area contributed by atoms with Crippen molar-refractivity contribution in [3.05, 3.63) is 40.8 Å². The van der Waals surface area contributed by atoms with Crippen molar-refractivity contribution < 1.29 is 19.4 Å². The lowest BCUT2D eigenvalue weighted by Gasteiger charge is -2.62. The van der Waals surface area contributed by atoms with E-state index in [0.717, 1.165) is 24.6 Å². The van der Waals surface area contributed by atoms with Crippen LogP contribution in [0.15, 0.2) is 39.5 Å². The summed E-state index contributed by atoms with van der Waals surface area (Å²) in [6, 6.07) is 8.62. The van der Waals surface area contributed by atoms with E-state index >= 15 is 0 Å². The summed E-state index contributed by atoms with van der Waals surface area (Å²) in [6.07, 6.45) is 2.91. The van der Waals surface area contributed by atoms with Crippen LogP contribution in [0.1, 0.15) is 53.4 Å². The molecule has 4 rings (SSSR count). The standard InChI is InChI=1S/C24H32O5/c1-22(2)18-9-12-24(4,27)19(23(18,3)11-10-20(22)25)14-28-16-7-5-15-6-8-21(26)29-17(15)13-16/h5-8,13,18-20,25,27H,9-12,14H2,1-4H3/t18-,19+,20-,23-,24-/m1/s1. The van der Waals surface area contributed by atoms with Crippen molar-refractivity contribution in [2.24, 2.45) is 22.7 Å². The topological polar surface area (TPSA) is 79.9 Å². The van der Waals surface area contributed by atoms with Crippen LogP contribution in [0.4, 0.5) is 0 Å². The van der Waals surface area contributed by atoms with E-state index in [1.54, 1.807) is 12.1 Å². The minimum Gasteiger partial charge on any atom is -0.493 e. The molecule has 0 saturated heterocycles. The van der Waals surface area contributed by atoms with Crippen LogP contribution in [0.5, 0.6) is 5.75 Å². The first kappa shape index (κ1) is 20.4. The van der Waals surface area contributed by atoms with Gasteiger partial charge in [0.15, 0.2) is 0 Å². The summed E-state index contributed by atoms with van der Waals surface area (Å²) in [7, 11) is 0. The zero-order chi connectivity index (χ0) is 21.0. The van der Waals surface area contributed by atoms with Crippen LogP contribution in [0, 0.1) is 22.7 Å². The van der Waals surface area contributed by atoms with Gasteiger partial charge >= 0.3 is 5.63 Å². The maximum Gasteiger partial charge on any atom is 0.336 e. The molecule has 2 saturated carbocycles.